The maximum Gasteiger partial charge on any atom is 0.343 e. The van der Waals surface area contributed by atoms with Crippen LogP contribution in [0.5, 0.6) is 5.75 Å². The van der Waals surface area contributed by atoms with Gasteiger partial charge in [-0.2, -0.15) is 0 Å². The fourth-order valence-electron chi connectivity index (χ4n) is 5.24. The van der Waals surface area contributed by atoms with Gasteiger partial charge >= 0.3 is 5.97 Å². The number of hydrogen-bond acceptors (Lipinski definition) is 5. The fraction of sp³-hybridized carbons (Fsp3) is 0.519. The van der Waals surface area contributed by atoms with E-state index in [1.165, 1.54) is 12.6 Å². The molecule has 1 fully saturated rings. The third kappa shape index (κ3) is 4.88. The monoisotopic (exact) mass is 466 g/mol. The summed E-state index contributed by atoms with van der Waals surface area (Å²) in [6.07, 6.45) is 7.91. The van der Waals surface area contributed by atoms with Crippen LogP contribution < -0.4 is 10.2 Å². The Kier molecular flexibility index (Phi) is 7.70. The minimum absolute atomic E-state index is 0.0415. The van der Waals surface area contributed by atoms with Gasteiger partial charge in [-0.05, 0) is 37.7 Å². The van der Waals surface area contributed by atoms with Crippen LogP contribution in [-0.4, -0.2) is 40.5 Å². The molecule has 7 nitrogen and oxygen atoms in total. The smallest absolute Gasteiger partial charge is 0.343 e. The van der Waals surface area contributed by atoms with Crippen LogP contribution in [-0.2, 0) is 17.9 Å². The van der Waals surface area contributed by atoms with Crippen molar-refractivity contribution in [2.75, 3.05) is 13.2 Å². The third-order valence-electron chi connectivity index (χ3n) is 6.88. The number of nitrogens with zero attached hydrogens (tertiary/aromatic N) is 2. The first-order valence-electron chi connectivity index (χ1n) is 12.5. The van der Waals surface area contributed by atoms with Gasteiger partial charge in [0.15, 0.2) is 11.4 Å². The first-order chi connectivity index (χ1) is 16.5. The van der Waals surface area contributed by atoms with Crippen LogP contribution in [0.4, 0.5) is 0 Å². The lowest BCUT2D eigenvalue weighted by Gasteiger charge is -2.43. The summed E-state index contributed by atoms with van der Waals surface area (Å²) in [6, 6.07) is 9.51. The zero-order valence-corrected chi connectivity index (χ0v) is 20.1. The minimum atomic E-state index is -0.690. The number of ether oxygens (including phenoxy) is 2. The largest absolute Gasteiger partial charge is 0.483 e. The summed E-state index contributed by atoms with van der Waals surface area (Å²) < 4.78 is 12.9. The molecule has 0 aliphatic carbocycles. The summed E-state index contributed by atoms with van der Waals surface area (Å²) in [5.41, 5.74) is 0.427. The van der Waals surface area contributed by atoms with Crippen molar-refractivity contribution in [3.63, 3.8) is 0 Å². The van der Waals surface area contributed by atoms with Gasteiger partial charge in [0.25, 0.3) is 5.91 Å². The molecular formula is C27H34N2O5. The minimum Gasteiger partial charge on any atom is -0.483 e. The molecule has 2 aliphatic rings. The third-order valence-corrected chi connectivity index (χ3v) is 6.88. The summed E-state index contributed by atoms with van der Waals surface area (Å²) in [5, 5.41) is 0. The molecular weight excluding hydrogens is 432 g/mol. The van der Waals surface area contributed by atoms with Crippen LogP contribution in [0.1, 0.15) is 78.8 Å². The lowest BCUT2D eigenvalue weighted by molar-refractivity contribution is 0.0415. The molecule has 2 atom stereocenters. The van der Waals surface area contributed by atoms with E-state index < -0.39 is 11.4 Å². The van der Waals surface area contributed by atoms with Gasteiger partial charge in [-0.25, -0.2) is 4.79 Å². The number of esters is 1. The van der Waals surface area contributed by atoms with Crippen molar-refractivity contribution in [2.45, 2.75) is 71.6 Å². The zero-order chi connectivity index (χ0) is 24.1. The predicted molar refractivity (Wildman–Crippen MR) is 129 cm³/mol. The van der Waals surface area contributed by atoms with Crippen LogP contribution >= 0.6 is 0 Å². The SMILES string of the molecule is CCCC1CCCCCN2C(=O)c3c(OCc4ccccc4)c(=O)c(C(=O)OCC)cn3CC12. The topological polar surface area (TPSA) is 77.8 Å². The average Bonchev–Trinajstić information content (AvgIpc) is 2.82. The molecule has 1 saturated heterocycles. The summed E-state index contributed by atoms with van der Waals surface area (Å²) >= 11 is 0. The molecule has 7 heteroatoms. The second-order valence-electron chi connectivity index (χ2n) is 9.16. The van der Waals surface area contributed by atoms with E-state index in [1.54, 1.807) is 11.5 Å². The van der Waals surface area contributed by atoms with Crippen LogP contribution in [0.15, 0.2) is 41.3 Å². The first-order valence-corrected chi connectivity index (χ1v) is 12.5. The number of rotatable bonds is 7. The number of carbonyl (C=O) groups is 2. The number of aromatic nitrogens is 1. The molecule has 0 saturated carbocycles. The highest BCUT2D eigenvalue weighted by Gasteiger charge is 2.40. The van der Waals surface area contributed by atoms with Crippen molar-refractivity contribution in [3.8, 4) is 5.75 Å². The molecule has 4 rings (SSSR count). The van der Waals surface area contributed by atoms with Crippen LogP contribution in [0.2, 0.25) is 0 Å². The maximum absolute atomic E-state index is 13.8. The van der Waals surface area contributed by atoms with Crippen molar-refractivity contribution in [2.24, 2.45) is 5.92 Å². The van der Waals surface area contributed by atoms with Crippen LogP contribution in [0.25, 0.3) is 0 Å². The summed E-state index contributed by atoms with van der Waals surface area (Å²) in [4.78, 5) is 41.8. The highest BCUT2D eigenvalue weighted by atomic mass is 16.5. The maximum atomic E-state index is 13.8. The molecule has 1 aromatic heterocycles. The molecule has 0 N–H and O–H groups in total. The standard InChI is InChI=1S/C27H34N2O5/c1-3-11-20-14-9-6-10-15-29-22(20)17-28-16-21(27(32)33-4-2)24(30)25(23(28)26(29)31)34-18-19-12-7-5-8-13-19/h5,7-8,12-13,16,20,22H,3-4,6,9-11,14-15,17-18H2,1-2H3. The first kappa shape index (κ1) is 24.0. The van der Waals surface area contributed by atoms with E-state index in [-0.39, 0.29) is 42.2 Å². The molecule has 182 valence electrons. The molecule has 0 spiro atoms. The molecule has 1 aromatic carbocycles. The number of pyridine rings is 1. The van der Waals surface area contributed by atoms with E-state index in [0.717, 1.165) is 37.7 Å². The number of benzene rings is 1. The second-order valence-corrected chi connectivity index (χ2v) is 9.16. The lowest BCUT2D eigenvalue weighted by Crippen LogP contribution is -2.53. The number of amides is 1. The Morgan fingerprint density at radius 3 is 2.62 bits per heavy atom. The number of hydrogen-bond donors (Lipinski definition) is 0. The van der Waals surface area contributed by atoms with Crippen molar-refractivity contribution in [1.29, 1.82) is 0 Å². The predicted octanol–water partition coefficient (Wildman–Crippen LogP) is 4.42. The van der Waals surface area contributed by atoms with Gasteiger partial charge in [0.2, 0.25) is 5.43 Å². The van der Waals surface area contributed by atoms with Gasteiger partial charge in [0.05, 0.1) is 12.6 Å². The van der Waals surface area contributed by atoms with Gasteiger partial charge in [-0.3, -0.25) is 9.59 Å². The Morgan fingerprint density at radius 2 is 1.88 bits per heavy atom. The molecule has 2 unspecified atom stereocenters. The number of carbonyl (C=O) groups excluding carboxylic acids is 2. The van der Waals surface area contributed by atoms with E-state index in [2.05, 4.69) is 6.92 Å². The second kappa shape index (κ2) is 10.9. The van der Waals surface area contributed by atoms with Crippen molar-refractivity contribution in [3.05, 3.63) is 63.6 Å². The van der Waals surface area contributed by atoms with E-state index in [1.807, 2.05) is 35.2 Å². The molecule has 3 heterocycles. The Morgan fingerprint density at radius 1 is 1.09 bits per heavy atom. The zero-order valence-electron chi connectivity index (χ0n) is 20.1. The van der Waals surface area contributed by atoms with Gasteiger partial charge in [-0.15, -0.1) is 0 Å². The molecule has 0 radical (unpaired) electrons. The molecule has 1 amide bonds. The van der Waals surface area contributed by atoms with Gasteiger partial charge in [0, 0.05) is 19.3 Å². The summed E-state index contributed by atoms with van der Waals surface area (Å²) in [6.45, 7) is 5.38. The lowest BCUT2D eigenvalue weighted by atomic mass is 9.85. The quantitative estimate of drug-likeness (QED) is 0.565. The molecule has 0 bridgehead atoms. The Balaban J connectivity index is 1.79. The Hall–Kier alpha value is -3.09. The van der Waals surface area contributed by atoms with Crippen LogP contribution in [0.3, 0.4) is 0 Å². The van der Waals surface area contributed by atoms with E-state index in [9.17, 15) is 14.4 Å². The van der Waals surface area contributed by atoms with Crippen molar-refractivity contribution in [1.82, 2.24) is 9.47 Å². The van der Waals surface area contributed by atoms with Gasteiger partial charge in [-0.1, -0.05) is 56.5 Å². The summed E-state index contributed by atoms with van der Waals surface area (Å²) in [5.74, 6) is -0.548. The van der Waals surface area contributed by atoms with Crippen molar-refractivity contribution >= 4 is 11.9 Å². The van der Waals surface area contributed by atoms with Gasteiger partial charge in [0.1, 0.15) is 12.2 Å². The fourth-order valence-corrected chi connectivity index (χ4v) is 5.24. The number of fused-ring (bicyclic) bond motifs is 2. The molecule has 34 heavy (non-hydrogen) atoms. The van der Waals surface area contributed by atoms with E-state index >= 15 is 0 Å². The highest BCUT2D eigenvalue weighted by molar-refractivity contribution is 5.98. The highest BCUT2D eigenvalue weighted by Crippen LogP contribution is 2.34. The Bertz CT molecular complexity index is 1080. The van der Waals surface area contributed by atoms with Crippen LogP contribution in [0, 0.1) is 5.92 Å². The normalized spacial score (nSPS) is 20.1. The Labute approximate surface area is 200 Å². The molecule has 2 aromatic rings. The average molecular weight is 467 g/mol. The van der Waals surface area contributed by atoms with E-state index in [0.29, 0.717) is 19.0 Å². The summed E-state index contributed by atoms with van der Waals surface area (Å²) in [7, 11) is 0. The van der Waals surface area contributed by atoms with Crippen molar-refractivity contribution < 1.29 is 19.1 Å². The van der Waals surface area contributed by atoms with E-state index in [4.69, 9.17) is 9.47 Å². The van der Waals surface area contributed by atoms with Gasteiger partial charge < -0.3 is 18.9 Å². The molecule has 2 aliphatic heterocycles.